The lowest BCUT2D eigenvalue weighted by atomic mass is 10.1. The van der Waals surface area contributed by atoms with Crippen LogP contribution in [0.1, 0.15) is 62.3 Å². The van der Waals surface area contributed by atoms with E-state index < -0.39 is 15.9 Å². The molecular weight excluding hydrogens is 368 g/mol. The topological polar surface area (TPSA) is 91.1 Å². The van der Waals surface area contributed by atoms with Gasteiger partial charge in [-0.1, -0.05) is 39.0 Å². The van der Waals surface area contributed by atoms with Crippen LogP contribution in [0.25, 0.3) is 0 Å². The number of nitrogens with zero attached hydrogens (tertiary/aromatic N) is 2. The highest BCUT2D eigenvalue weighted by Crippen LogP contribution is 2.24. The van der Waals surface area contributed by atoms with Gasteiger partial charge in [-0.05, 0) is 31.9 Å². The Hall–Kier alpha value is -1.10. The molecular formula is C19H30N2O3S2. The Balaban J connectivity index is 2.46. The van der Waals surface area contributed by atoms with Gasteiger partial charge >= 0.3 is 0 Å². The Kier molecular flexibility index (Phi) is 10.2. The van der Waals surface area contributed by atoms with Gasteiger partial charge in [0.2, 0.25) is 0 Å². The van der Waals surface area contributed by atoms with E-state index in [0.29, 0.717) is 17.0 Å². The first-order valence-electron chi connectivity index (χ1n) is 9.18. The zero-order valence-corrected chi connectivity index (χ0v) is 17.6. The molecule has 1 aromatic rings. The highest BCUT2D eigenvalue weighted by atomic mass is 32.2. The van der Waals surface area contributed by atoms with Gasteiger partial charge in [-0.2, -0.15) is 5.26 Å². The Morgan fingerprint density at radius 3 is 2.54 bits per heavy atom. The summed E-state index contributed by atoms with van der Waals surface area (Å²) in [5, 5.41) is 19.9. The Morgan fingerprint density at radius 1 is 1.23 bits per heavy atom. The molecule has 7 heteroatoms. The standard InChI is InChI=1S/C19H30N2O3S2/c1-4-5-6-7-8-9-10-26(23,24)14-17(22)13-25-19-18(12-20)15(2)11-16(3)21-19/h11,17,22H,4-10,13-14H2,1-3H3/t17-/m1/s1. The summed E-state index contributed by atoms with van der Waals surface area (Å²) in [5.41, 5.74) is 2.13. The lowest BCUT2D eigenvalue weighted by Crippen LogP contribution is -2.25. The number of aliphatic hydroxyl groups is 1. The molecule has 1 rings (SSSR count). The van der Waals surface area contributed by atoms with Crippen LogP contribution in [0.2, 0.25) is 0 Å². The van der Waals surface area contributed by atoms with E-state index in [4.69, 9.17) is 0 Å². The summed E-state index contributed by atoms with van der Waals surface area (Å²) >= 11 is 1.24. The molecule has 0 aliphatic carbocycles. The van der Waals surface area contributed by atoms with Crippen LogP contribution in [0.4, 0.5) is 0 Å². The van der Waals surface area contributed by atoms with Crippen molar-refractivity contribution < 1.29 is 13.5 Å². The van der Waals surface area contributed by atoms with Crippen molar-refractivity contribution in [1.82, 2.24) is 4.98 Å². The second-order valence-corrected chi connectivity index (χ2v) is 9.96. The zero-order valence-electron chi connectivity index (χ0n) is 16.0. The van der Waals surface area contributed by atoms with E-state index in [1.165, 1.54) is 24.6 Å². The second kappa shape index (κ2) is 11.6. The minimum absolute atomic E-state index is 0.131. The van der Waals surface area contributed by atoms with Crippen LogP contribution in [0, 0.1) is 25.2 Å². The molecule has 0 saturated carbocycles. The molecule has 1 aromatic heterocycles. The Morgan fingerprint density at radius 2 is 1.88 bits per heavy atom. The molecule has 1 N–H and O–H groups in total. The number of hydrogen-bond donors (Lipinski definition) is 1. The van der Waals surface area contributed by atoms with Gasteiger partial charge in [0, 0.05) is 11.4 Å². The van der Waals surface area contributed by atoms with Gasteiger partial charge < -0.3 is 5.11 Å². The first kappa shape index (κ1) is 22.9. The fraction of sp³-hybridized carbons (Fsp3) is 0.684. The predicted molar refractivity (Wildman–Crippen MR) is 107 cm³/mol. The molecule has 1 atom stereocenters. The molecule has 0 spiro atoms. The Labute approximate surface area is 162 Å². The van der Waals surface area contributed by atoms with Crippen molar-refractivity contribution >= 4 is 21.6 Å². The van der Waals surface area contributed by atoms with Crippen molar-refractivity contribution in [2.24, 2.45) is 0 Å². The molecule has 0 bridgehead atoms. The molecule has 5 nitrogen and oxygen atoms in total. The molecule has 0 unspecified atom stereocenters. The normalized spacial score (nSPS) is 12.7. The van der Waals surface area contributed by atoms with Gasteiger partial charge in [0.1, 0.15) is 11.1 Å². The summed E-state index contributed by atoms with van der Waals surface area (Å²) in [6.45, 7) is 5.84. The summed E-state index contributed by atoms with van der Waals surface area (Å²) in [6, 6.07) is 3.97. The third kappa shape index (κ3) is 8.52. The molecule has 0 aromatic carbocycles. The van der Waals surface area contributed by atoms with Crippen molar-refractivity contribution in [3.63, 3.8) is 0 Å². The molecule has 26 heavy (non-hydrogen) atoms. The molecule has 1 heterocycles. The molecule has 0 aliphatic heterocycles. The fourth-order valence-electron chi connectivity index (χ4n) is 2.74. The lowest BCUT2D eigenvalue weighted by Gasteiger charge is -2.12. The van der Waals surface area contributed by atoms with Crippen LogP contribution in [0.5, 0.6) is 0 Å². The van der Waals surface area contributed by atoms with Gasteiger partial charge in [-0.3, -0.25) is 0 Å². The number of thioether (sulfide) groups is 1. The van der Waals surface area contributed by atoms with E-state index in [-0.39, 0.29) is 17.3 Å². The van der Waals surface area contributed by atoms with E-state index in [1.807, 2.05) is 19.9 Å². The van der Waals surface area contributed by atoms with Crippen LogP contribution < -0.4 is 0 Å². The number of nitriles is 1. The number of aryl methyl sites for hydroxylation is 2. The maximum absolute atomic E-state index is 12.1. The molecule has 0 amide bonds. The van der Waals surface area contributed by atoms with Crippen LogP contribution in [0.3, 0.4) is 0 Å². The van der Waals surface area contributed by atoms with Crippen LogP contribution in [0.15, 0.2) is 11.1 Å². The van der Waals surface area contributed by atoms with Crippen molar-refractivity contribution in [1.29, 1.82) is 5.26 Å². The van der Waals surface area contributed by atoms with Gasteiger partial charge in [0.25, 0.3) is 0 Å². The number of unbranched alkanes of at least 4 members (excludes halogenated alkanes) is 5. The molecule has 0 saturated heterocycles. The van der Waals surface area contributed by atoms with E-state index >= 15 is 0 Å². The summed E-state index contributed by atoms with van der Waals surface area (Å²) < 4.78 is 24.3. The van der Waals surface area contributed by atoms with Gasteiger partial charge in [-0.15, -0.1) is 11.8 Å². The highest BCUT2D eigenvalue weighted by molar-refractivity contribution is 7.99. The van der Waals surface area contributed by atoms with E-state index in [0.717, 1.165) is 30.5 Å². The third-order valence-electron chi connectivity index (χ3n) is 4.09. The van der Waals surface area contributed by atoms with Crippen molar-refractivity contribution in [3.8, 4) is 6.07 Å². The molecule has 146 valence electrons. The van der Waals surface area contributed by atoms with Crippen LogP contribution >= 0.6 is 11.8 Å². The summed E-state index contributed by atoms with van der Waals surface area (Å²) in [4.78, 5) is 4.34. The van der Waals surface area contributed by atoms with Crippen LogP contribution in [-0.4, -0.2) is 41.9 Å². The molecule has 0 radical (unpaired) electrons. The number of aliphatic hydroxyl groups excluding tert-OH is 1. The summed E-state index contributed by atoms with van der Waals surface area (Å²) in [5.74, 6) is 0.105. The summed E-state index contributed by atoms with van der Waals surface area (Å²) in [6.07, 6.45) is 5.20. The number of pyridine rings is 1. The van der Waals surface area contributed by atoms with E-state index in [1.54, 1.807) is 0 Å². The zero-order chi connectivity index (χ0) is 19.6. The van der Waals surface area contributed by atoms with Crippen molar-refractivity contribution in [2.45, 2.75) is 70.4 Å². The fourth-order valence-corrected chi connectivity index (χ4v) is 5.44. The molecule has 0 aliphatic rings. The lowest BCUT2D eigenvalue weighted by molar-refractivity contribution is 0.222. The average molecular weight is 399 g/mol. The highest BCUT2D eigenvalue weighted by Gasteiger charge is 2.19. The van der Waals surface area contributed by atoms with Crippen LogP contribution in [-0.2, 0) is 9.84 Å². The first-order valence-corrected chi connectivity index (χ1v) is 12.0. The number of rotatable bonds is 12. The quantitative estimate of drug-likeness (QED) is 0.425. The monoisotopic (exact) mass is 398 g/mol. The summed E-state index contributed by atoms with van der Waals surface area (Å²) in [7, 11) is -3.26. The maximum atomic E-state index is 12.1. The number of hydrogen-bond acceptors (Lipinski definition) is 6. The SMILES string of the molecule is CCCCCCCCS(=O)(=O)C[C@H](O)CSc1nc(C)cc(C)c1C#N. The van der Waals surface area contributed by atoms with Gasteiger partial charge in [-0.25, -0.2) is 13.4 Å². The predicted octanol–water partition coefficient (Wildman–Crippen LogP) is 3.80. The minimum atomic E-state index is -3.26. The van der Waals surface area contributed by atoms with Gasteiger partial charge in [0.05, 0.1) is 23.2 Å². The third-order valence-corrected chi connectivity index (χ3v) is 7.01. The van der Waals surface area contributed by atoms with E-state index in [2.05, 4.69) is 18.0 Å². The number of aromatic nitrogens is 1. The maximum Gasteiger partial charge on any atom is 0.152 e. The molecule has 0 fully saturated rings. The Bertz CT molecular complexity index is 712. The van der Waals surface area contributed by atoms with Crippen molar-refractivity contribution in [2.75, 3.05) is 17.3 Å². The average Bonchev–Trinajstić information content (AvgIpc) is 2.55. The minimum Gasteiger partial charge on any atom is -0.391 e. The number of sulfone groups is 1. The van der Waals surface area contributed by atoms with Crippen molar-refractivity contribution in [3.05, 3.63) is 22.9 Å². The van der Waals surface area contributed by atoms with Gasteiger partial charge in [0.15, 0.2) is 9.84 Å². The first-order chi connectivity index (χ1) is 12.3. The second-order valence-electron chi connectivity index (χ2n) is 6.72. The van der Waals surface area contributed by atoms with E-state index in [9.17, 15) is 18.8 Å². The smallest absolute Gasteiger partial charge is 0.152 e. The largest absolute Gasteiger partial charge is 0.391 e.